The summed E-state index contributed by atoms with van der Waals surface area (Å²) < 4.78 is 25.3. The summed E-state index contributed by atoms with van der Waals surface area (Å²) in [5.41, 5.74) is 0.943. The van der Waals surface area contributed by atoms with Crippen molar-refractivity contribution in [3.8, 4) is 0 Å². The molecular weight excluding hydrogens is 318 g/mol. The van der Waals surface area contributed by atoms with E-state index in [2.05, 4.69) is 25.8 Å². The Kier molecular flexibility index (Phi) is 3.93. The maximum atomic E-state index is 11.4. The number of sulfonamides is 1. The maximum absolute atomic E-state index is 11.4. The Labute approximate surface area is 116 Å². The van der Waals surface area contributed by atoms with Crippen LogP contribution in [0.2, 0.25) is 0 Å². The molecule has 1 aromatic heterocycles. The molecule has 5 nitrogen and oxygen atoms in total. The van der Waals surface area contributed by atoms with Crippen molar-refractivity contribution in [3.05, 3.63) is 22.3 Å². The highest BCUT2D eigenvalue weighted by Gasteiger charge is 2.23. The number of aryl methyl sites for hydroxylation is 1. The highest BCUT2D eigenvalue weighted by Crippen LogP contribution is 2.20. The molecule has 0 unspecified atom stereocenters. The van der Waals surface area contributed by atoms with Gasteiger partial charge in [-0.2, -0.15) is 4.31 Å². The zero-order chi connectivity index (χ0) is 13.3. The molecule has 0 bridgehead atoms. The molecule has 0 aromatic carbocycles. The van der Waals surface area contributed by atoms with E-state index in [1.165, 1.54) is 10.6 Å². The second-order valence-electron chi connectivity index (χ2n) is 4.39. The van der Waals surface area contributed by atoms with Crippen LogP contribution < -0.4 is 4.90 Å². The Balaban J connectivity index is 2.08. The fourth-order valence-electron chi connectivity index (χ4n) is 1.96. The Morgan fingerprint density at radius 2 is 1.83 bits per heavy atom. The molecule has 1 aliphatic heterocycles. The molecule has 0 atom stereocenters. The number of pyridine rings is 1. The van der Waals surface area contributed by atoms with E-state index in [1.807, 2.05) is 19.1 Å². The predicted octanol–water partition coefficient (Wildman–Crippen LogP) is 1.23. The first-order valence-electron chi connectivity index (χ1n) is 5.71. The van der Waals surface area contributed by atoms with Gasteiger partial charge in [0.05, 0.1) is 11.9 Å². The molecule has 0 spiro atoms. The molecule has 0 N–H and O–H groups in total. The monoisotopic (exact) mass is 333 g/mol. The minimum Gasteiger partial charge on any atom is -0.354 e. The van der Waals surface area contributed by atoms with E-state index in [1.54, 1.807) is 0 Å². The van der Waals surface area contributed by atoms with E-state index >= 15 is 0 Å². The normalized spacial score (nSPS) is 18.1. The summed E-state index contributed by atoms with van der Waals surface area (Å²) in [4.78, 5) is 6.61. The number of nitrogens with zero attached hydrogens (tertiary/aromatic N) is 3. The number of anilines is 1. The SMILES string of the molecule is Cc1nc(N2CCN(S(C)(=O)=O)CC2)ccc1Br. The number of hydrogen-bond acceptors (Lipinski definition) is 4. The van der Waals surface area contributed by atoms with Gasteiger partial charge >= 0.3 is 0 Å². The van der Waals surface area contributed by atoms with E-state index in [0.29, 0.717) is 26.2 Å². The molecule has 0 radical (unpaired) electrons. The molecule has 1 saturated heterocycles. The number of piperazine rings is 1. The maximum Gasteiger partial charge on any atom is 0.211 e. The zero-order valence-electron chi connectivity index (χ0n) is 10.4. The summed E-state index contributed by atoms with van der Waals surface area (Å²) in [6.45, 7) is 4.36. The zero-order valence-corrected chi connectivity index (χ0v) is 12.8. The Morgan fingerprint density at radius 1 is 1.22 bits per heavy atom. The first-order valence-corrected chi connectivity index (χ1v) is 8.35. The largest absolute Gasteiger partial charge is 0.354 e. The van der Waals surface area contributed by atoms with Crippen molar-refractivity contribution >= 4 is 31.8 Å². The van der Waals surface area contributed by atoms with Crippen LogP contribution >= 0.6 is 15.9 Å². The molecule has 2 heterocycles. The molecule has 0 amide bonds. The van der Waals surface area contributed by atoms with Crippen LogP contribution in [-0.2, 0) is 10.0 Å². The van der Waals surface area contributed by atoms with Gasteiger partial charge in [0.25, 0.3) is 0 Å². The van der Waals surface area contributed by atoms with Gasteiger partial charge in [-0.3, -0.25) is 0 Å². The van der Waals surface area contributed by atoms with Crippen molar-refractivity contribution in [2.75, 3.05) is 37.3 Å². The van der Waals surface area contributed by atoms with Crippen LogP contribution in [0.1, 0.15) is 5.69 Å². The first-order chi connectivity index (χ1) is 8.38. The predicted molar refractivity (Wildman–Crippen MR) is 75.3 cm³/mol. The third-order valence-corrected chi connectivity index (χ3v) is 5.18. The van der Waals surface area contributed by atoms with Crippen LogP contribution in [0.25, 0.3) is 0 Å². The Hall–Kier alpha value is -0.660. The van der Waals surface area contributed by atoms with Gasteiger partial charge in [0.15, 0.2) is 0 Å². The molecular formula is C11H16BrN3O2S. The van der Waals surface area contributed by atoms with Crippen LogP contribution in [0.4, 0.5) is 5.82 Å². The van der Waals surface area contributed by atoms with Gasteiger partial charge < -0.3 is 4.90 Å². The second kappa shape index (κ2) is 5.14. The van der Waals surface area contributed by atoms with Crippen molar-refractivity contribution in [1.82, 2.24) is 9.29 Å². The highest BCUT2D eigenvalue weighted by molar-refractivity contribution is 9.10. The number of aromatic nitrogens is 1. The van der Waals surface area contributed by atoms with Gasteiger partial charge in [-0.15, -0.1) is 0 Å². The van der Waals surface area contributed by atoms with Crippen LogP contribution in [0.15, 0.2) is 16.6 Å². The van der Waals surface area contributed by atoms with E-state index in [4.69, 9.17) is 0 Å². The summed E-state index contributed by atoms with van der Waals surface area (Å²) in [7, 11) is -3.07. The first kappa shape index (κ1) is 13.8. The fourth-order valence-corrected chi connectivity index (χ4v) is 3.00. The van der Waals surface area contributed by atoms with Gasteiger partial charge in [0, 0.05) is 30.7 Å². The Bertz CT molecular complexity index is 539. The fraction of sp³-hybridized carbons (Fsp3) is 0.545. The lowest BCUT2D eigenvalue weighted by atomic mass is 10.3. The third-order valence-electron chi connectivity index (χ3n) is 3.04. The molecule has 0 saturated carbocycles. The number of rotatable bonds is 2. The van der Waals surface area contributed by atoms with Gasteiger partial charge in [-0.1, -0.05) is 0 Å². The molecule has 7 heteroatoms. The van der Waals surface area contributed by atoms with E-state index < -0.39 is 10.0 Å². The lowest BCUT2D eigenvalue weighted by Crippen LogP contribution is -2.48. The lowest BCUT2D eigenvalue weighted by Gasteiger charge is -2.34. The van der Waals surface area contributed by atoms with Crippen LogP contribution in [-0.4, -0.2) is 50.1 Å². The minimum absolute atomic E-state index is 0.523. The highest BCUT2D eigenvalue weighted by atomic mass is 79.9. The van der Waals surface area contributed by atoms with Gasteiger partial charge in [-0.25, -0.2) is 13.4 Å². The van der Waals surface area contributed by atoms with Gasteiger partial charge in [0.1, 0.15) is 5.82 Å². The minimum atomic E-state index is -3.07. The summed E-state index contributed by atoms with van der Waals surface area (Å²) in [6, 6.07) is 3.92. The van der Waals surface area contributed by atoms with Crippen LogP contribution in [0.3, 0.4) is 0 Å². The smallest absolute Gasteiger partial charge is 0.211 e. The van der Waals surface area contributed by atoms with Crippen LogP contribution in [0, 0.1) is 6.92 Å². The van der Waals surface area contributed by atoms with Crippen LogP contribution in [0.5, 0.6) is 0 Å². The summed E-state index contributed by atoms with van der Waals surface area (Å²) in [6.07, 6.45) is 1.25. The average molecular weight is 334 g/mol. The molecule has 0 aliphatic carbocycles. The van der Waals surface area contributed by atoms with Gasteiger partial charge in [-0.05, 0) is 35.0 Å². The topological polar surface area (TPSA) is 53.5 Å². The third kappa shape index (κ3) is 3.02. The molecule has 1 aromatic rings. The quantitative estimate of drug-likeness (QED) is 0.816. The summed E-state index contributed by atoms with van der Waals surface area (Å²) >= 11 is 3.42. The number of halogens is 1. The second-order valence-corrected chi connectivity index (χ2v) is 7.22. The summed E-state index contributed by atoms with van der Waals surface area (Å²) in [5.74, 6) is 0.906. The molecule has 1 fully saturated rings. The van der Waals surface area contributed by atoms with Crippen molar-refractivity contribution in [2.24, 2.45) is 0 Å². The van der Waals surface area contributed by atoms with E-state index in [-0.39, 0.29) is 0 Å². The number of hydrogen-bond donors (Lipinski definition) is 0. The van der Waals surface area contributed by atoms with Crippen molar-refractivity contribution < 1.29 is 8.42 Å². The van der Waals surface area contributed by atoms with Crippen molar-refractivity contribution in [3.63, 3.8) is 0 Å². The van der Waals surface area contributed by atoms with Crippen molar-refractivity contribution in [2.45, 2.75) is 6.92 Å². The molecule has 100 valence electrons. The van der Waals surface area contributed by atoms with Crippen molar-refractivity contribution in [1.29, 1.82) is 0 Å². The van der Waals surface area contributed by atoms with E-state index in [0.717, 1.165) is 16.0 Å². The molecule has 2 rings (SSSR count). The molecule has 18 heavy (non-hydrogen) atoms. The van der Waals surface area contributed by atoms with E-state index in [9.17, 15) is 8.42 Å². The average Bonchev–Trinajstić information content (AvgIpc) is 2.32. The summed E-state index contributed by atoms with van der Waals surface area (Å²) in [5, 5.41) is 0. The standard InChI is InChI=1S/C11H16BrN3O2S/c1-9-10(12)3-4-11(13-9)14-5-7-15(8-6-14)18(2,16)17/h3-4H,5-8H2,1-2H3. The lowest BCUT2D eigenvalue weighted by molar-refractivity contribution is 0.387. The molecule has 1 aliphatic rings. The van der Waals surface area contributed by atoms with Gasteiger partial charge in [0.2, 0.25) is 10.0 Å². The Morgan fingerprint density at radius 3 is 2.33 bits per heavy atom.